The maximum Gasteiger partial charge on any atom is 0.0982 e. The topological polar surface area (TPSA) is 24.9 Å². The lowest BCUT2D eigenvalue weighted by Crippen LogP contribution is -2.21. The predicted octanol–water partition coefficient (Wildman–Crippen LogP) is 3.97. The molecule has 18 heavy (non-hydrogen) atoms. The number of hydrogen-bond acceptors (Lipinski definition) is 3. The van der Waals surface area contributed by atoms with Crippen molar-refractivity contribution in [2.75, 3.05) is 6.54 Å². The fourth-order valence-electron chi connectivity index (χ4n) is 2.65. The van der Waals surface area contributed by atoms with Gasteiger partial charge in [0.25, 0.3) is 0 Å². The molecule has 1 aliphatic carbocycles. The van der Waals surface area contributed by atoms with Gasteiger partial charge in [0.1, 0.15) is 0 Å². The zero-order chi connectivity index (χ0) is 13.2. The zero-order valence-electron chi connectivity index (χ0n) is 12.1. The van der Waals surface area contributed by atoms with Gasteiger partial charge < -0.3 is 5.32 Å². The summed E-state index contributed by atoms with van der Waals surface area (Å²) in [6.45, 7) is 11.1. The summed E-state index contributed by atoms with van der Waals surface area (Å²) in [5, 5.41) is 7.02. The first-order valence-corrected chi connectivity index (χ1v) is 7.98. The molecule has 2 unspecified atom stereocenters. The second-order valence-corrected chi connectivity index (χ2v) is 7.67. The van der Waals surface area contributed by atoms with E-state index in [-0.39, 0.29) is 5.41 Å². The second kappa shape index (κ2) is 5.70. The van der Waals surface area contributed by atoms with Gasteiger partial charge in [-0.3, -0.25) is 0 Å². The molecule has 0 aromatic carbocycles. The number of nitrogens with one attached hydrogen (secondary N) is 1. The van der Waals surface area contributed by atoms with Crippen molar-refractivity contribution in [3.8, 4) is 0 Å². The van der Waals surface area contributed by atoms with Crippen molar-refractivity contribution in [2.24, 2.45) is 11.8 Å². The lowest BCUT2D eigenvalue weighted by Gasteiger charge is -2.13. The summed E-state index contributed by atoms with van der Waals surface area (Å²) in [5.41, 5.74) is 1.39. The van der Waals surface area contributed by atoms with E-state index < -0.39 is 0 Å². The Balaban J connectivity index is 1.75. The largest absolute Gasteiger partial charge is 0.311 e. The second-order valence-electron chi connectivity index (χ2n) is 6.81. The number of thiazole rings is 1. The summed E-state index contributed by atoms with van der Waals surface area (Å²) >= 11 is 1.79. The minimum absolute atomic E-state index is 0.184. The molecule has 0 bridgehead atoms. The van der Waals surface area contributed by atoms with Crippen LogP contribution in [0.15, 0.2) is 5.38 Å². The van der Waals surface area contributed by atoms with E-state index in [0.717, 1.165) is 24.9 Å². The van der Waals surface area contributed by atoms with E-state index in [2.05, 4.69) is 38.4 Å². The summed E-state index contributed by atoms with van der Waals surface area (Å²) in [6, 6.07) is 0. The molecule has 1 heterocycles. The van der Waals surface area contributed by atoms with Crippen LogP contribution in [0.3, 0.4) is 0 Å². The first-order chi connectivity index (χ1) is 8.45. The lowest BCUT2D eigenvalue weighted by atomic mass is 9.98. The number of nitrogens with zero attached hydrogens (tertiary/aromatic N) is 1. The van der Waals surface area contributed by atoms with E-state index in [0.29, 0.717) is 0 Å². The van der Waals surface area contributed by atoms with E-state index in [1.165, 1.54) is 30.0 Å². The number of hydrogen-bond donors (Lipinski definition) is 1. The molecule has 1 aliphatic rings. The molecule has 2 rings (SSSR count). The van der Waals surface area contributed by atoms with Crippen LogP contribution in [0, 0.1) is 11.8 Å². The molecule has 2 atom stereocenters. The third-order valence-corrected chi connectivity index (χ3v) is 5.05. The average Bonchev–Trinajstić information content (AvgIpc) is 2.87. The summed E-state index contributed by atoms with van der Waals surface area (Å²) in [5.74, 6) is 1.82. The fraction of sp³-hybridized carbons (Fsp3) is 0.800. The Morgan fingerprint density at radius 1 is 1.39 bits per heavy atom. The Hall–Kier alpha value is -0.410. The van der Waals surface area contributed by atoms with E-state index >= 15 is 0 Å². The Kier molecular flexibility index (Phi) is 4.44. The van der Waals surface area contributed by atoms with Crippen molar-refractivity contribution in [1.82, 2.24) is 10.3 Å². The molecule has 0 spiro atoms. The van der Waals surface area contributed by atoms with E-state index in [1.807, 2.05) is 0 Å². The van der Waals surface area contributed by atoms with Crippen LogP contribution in [0.4, 0.5) is 0 Å². The molecule has 102 valence electrons. The highest BCUT2D eigenvalue weighted by Crippen LogP contribution is 2.29. The molecule has 1 aromatic heterocycles. The van der Waals surface area contributed by atoms with Gasteiger partial charge in [0.2, 0.25) is 0 Å². The molecule has 1 fully saturated rings. The highest BCUT2D eigenvalue weighted by molar-refractivity contribution is 7.09. The maximum atomic E-state index is 4.72. The molecule has 0 amide bonds. The third-order valence-electron chi connectivity index (χ3n) is 3.74. The molecule has 3 heteroatoms. The van der Waals surface area contributed by atoms with Gasteiger partial charge in [0.05, 0.1) is 10.7 Å². The maximum absolute atomic E-state index is 4.72. The van der Waals surface area contributed by atoms with Gasteiger partial charge in [-0.1, -0.05) is 34.1 Å². The first kappa shape index (κ1) is 14.0. The minimum atomic E-state index is 0.184. The van der Waals surface area contributed by atoms with Gasteiger partial charge in [-0.25, -0.2) is 4.98 Å². The van der Waals surface area contributed by atoms with Crippen molar-refractivity contribution in [3.05, 3.63) is 16.1 Å². The van der Waals surface area contributed by atoms with Gasteiger partial charge in [-0.05, 0) is 31.2 Å². The molecular weight excluding hydrogens is 240 g/mol. The SMILES string of the molecule is CC1CCC(CNCc2csc(C(C)(C)C)n2)C1. The van der Waals surface area contributed by atoms with Crippen molar-refractivity contribution >= 4 is 11.3 Å². The van der Waals surface area contributed by atoms with Crippen LogP contribution in [0.1, 0.15) is 57.7 Å². The molecule has 1 saturated carbocycles. The lowest BCUT2D eigenvalue weighted by molar-refractivity contribution is 0.468. The normalized spacial score (nSPS) is 24.7. The number of rotatable bonds is 4. The van der Waals surface area contributed by atoms with Gasteiger partial charge in [-0.2, -0.15) is 0 Å². The Morgan fingerprint density at radius 3 is 2.72 bits per heavy atom. The fourth-order valence-corrected chi connectivity index (χ4v) is 3.55. The monoisotopic (exact) mass is 266 g/mol. The Morgan fingerprint density at radius 2 is 2.17 bits per heavy atom. The van der Waals surface area contributed by atoms with E-state index in [1.54, 1.807) is 11.3 Å². The van der Waals surface area contributed by atoms with Crippen molar-refractivity contribution in [3.63, 3.8) is 0 Å². The first-order valence-electron chi connectivity index (χ1n) is 7.10. The van der Waals surface area contributed by atoms with Crippen LogP contribution in [0.25, 0.3) is 0 Å². The minimum Gasteiger partial charge on any atom is -0.311 e. The quantitative estimate of drug-likeness (QED) is 0.892. The van der Waals surface area contributed by atoms with Crippen LogP contribution < -0.4 is 5.32 Å². The molecule has 1 aromatic rings. The van der Waals surface area contributed by atoms with Gasteiger partial charge in [0.15, 0.2) is 0 Å². The zero-order valence-corrected chi connectivity index (χ0v) is 12.9. The Bertz CT molecular complexity index is 378. The van der Waals surface area contributed by atoms with Crippen molar-refractivity contribution in [2.45, 2.75) is 58.9 Å². The predicted molar refractivity (Wildman–Crippen MR) is 79.0 cm³/mol. The van der Waals surface area contributed by atoms with Gasteiger partial charge >= 0.3 is 0 Å². The van der Waals surface area contributed by atoms with E-state index in [9.17, 15) is 0 Å². The molecule has 2 nitrogen and oxygen atoms in total. The third kappa shape index (κ3) is 3.79. The average molecular weight is 266 g/mol. The summed E-state index contributed by atoms with van der Waals surface area (Å²) in [4.78, 5) is 4.72. The number of aromatic nitrogens is 1. The molecule has 1 N–H and O–H groups in total. The summed E-state index contributed by atoms with van der Waals surface area (Å²) < 4.78 is 0. The van der Waals surface area contributed by atoms with Crippen LogP contribution in [-0.2, 0) is 12.0 Å². The standard InChI is InChI=1S/C15H26N2S/c1-11-5-6-12(7-11)8-16-9-13-10-18-14(17-13)15(2,3)4/h10-12,16H,5-9H2,1-4H3. The van der Waals surface area contributed by atoms with Crippen molar-refractivity contribution in [1.29, 1.82) is 0 Å². The van der Waals surface area contributed by atoms with Gasteiger partial charge in [0, 0.05) is 17.3 Å². The molecular formula is C15H26N2S. The smallest absolute Gasteiger partial charge is 0.0982 e. The highest BCUT2D eigenvalue weighted by Gasteiger charge is 2.21. The molecule has 0 saturated heterocycles. The Labute approximate surface area is 115 Å². The van der Waals surface area contributed by atoms with Crippen LogP contribution in [0.5, 0.6) is 0 Å². The molecule has 0 radical (unpaired) electrons. The van der Waals surface area contributed by atoms with Gasteiger partial charge in [-0.15, -0.1) is 11.3 Å². The van der Waals surface area contributed by atoms with Crippen LogP contribution in [-0.4, -0.2) is 11.5 Å². The summed E-state index contributed by atoms with van der Waals surface area (Å²) in [6.07, 6.45) is 4.22. The van der Waals surface area contributed by atoms with Crippen LogP contribution in [0.2, 0.25) is 0 Å². The highest BCUT2D eigenvalue weighted by atomic mass is 32.1. The van der Waals surface area contributed by atoms with Crippen LogP contribution >= 0.6 is 11.3 Å². The van der Waals surface area contributed by atoms with Crippen molar-refractivity contribution < 1.29 is 0 Å². The molecule has 0 aliphatic heterocycles. The summed E-state index contributed by atoms with van der Waals surface area (Å²) in [7, 11) is 0. The van der Waals surface area contributed by atoms with E-state index in [4.69, 9.17) is 4.98 Å².